The summed E-state index contributed by atoms with van der Waals surface area (Å²) in [5, 5.41) is 0. The first kappa shape index (κ1) is 20.7. The quantitative estimate of drug-likeness (QED) is 0.624. The zero-order chi connectivity index (χ0) is 19.3. The summed E-state index contributed by atoms with van der Waals surface area (Å²) in [4.78, 5) is 24.9. The molecule has 0 unspecified atom stereocenters. The van der Waals surface area contributed by atoms with E-state index in [-0.39, 0.29) is 17.2 Å². The Morgan fingerprint density at radius 1 is 1.08 bits per heavy atom. The van der Waals surface area contributed by atoms with Crippen LogP contribution in [0.4, 0.5) is 0 Å². The first-order valence-corrected chi connectivity index (χ1v) is 9.94. The fourth-order valence-corrected chi connectivity index (χ4v) is 4.66. The number of carbonyl (C=O) groups excluding carboxylic acids is 2. The second-order valence-corrected chi connectivity index (χ2v) is 8.37. The van der Waals surface area contributed by atoms with Crippen LogP contribution in [-0.2, 0) is 20.7 Å². The summed E-state index contributed by atoms with van der Waals surface area (Å²) in [6.45, 7) is 8.48. The summed E-state index contributed by atoms with van der Waals surface area (Å²) in [5.41, 5.74) is 4.55. The molecule has 2 rings (SSSR count). The van der Waals surface area contributed by atoms with Gasteiger partial charge in [0.05, 0.1) is 13.5 Å². The number of aryl methyl sites for hydroxylation is 3. The number of hydrogen-bond donors (Lipinski definition) is 0. The summed E-state index contributed by atoms with van der Waals surface area (Å²) in [6.07, 6.45) is 6.66. The van der Waals surface area contributed by atoms with Crippen molar-refractivity contribution in [2.24, 2.45) is 11.3 Å². The SMILES string of the molecule is CCC1CCC(CC(=O)Cc2c(C)cc(C)cc2C)(CC(=O)OC)CC1. The number of Topliss-reactive ketones (excluding diaryl/α,β-unsaturated/α-hetero) is 1. The van der Waals surface area contributed by atoms with Gasteiger partial charge in [-0.3, -0.25) is 9.59 Å². The summed E-state index contributed by atoms with van der Waals surface area (Å²) in [5.74, 6) is 0.798. The molecule has 1 aromatic rings. The van der Waals surface area contributed by atoms with Crippen LogP contribution in [0.1, 0.15) is 74.1 Å². The van der Waals surface area contributed by atoms with Gasteiger partial charge >= 0.3 is 5.97 Å². The van der Waals surface area contributed by atoms with Crippen LogP contribution in [0.3, 0.4) is 0 Å². The summed E-state index contributed by atoms with van der Waals surface area (Å²) in [6, 6.07) is 4.29. The monoisotopic (exact) mass is 358 g/mol. The van der Waals surface area contributed by atoms with Crippen molar-refractivity contribution in [2.75, 3.05) is 7.11 Å². The molecule has 3 heteroatoms. The predicted molar refractivity (Wildman–Crippen MR) is 105 cm³/mol. The molecule has 1 aliphatic rings. The van der Waals surface area contributed by atoms with Crippen LogP contribution in [0.5, 0.6) is 0 Å². The number of ketones is 1. The molecular weight excluding hydrogens is 324 g/mol. The molecule has 1 aromatic carbocycles. The Morgan fingerprint density at radius 2 is 1.65 bits per heavy atom. The third-order valence-corrected chi connectivity index (χ3v) is 6.28. The first-order chi connectivity index (χ1) is 12.3. The lowest BCUT2D eigenvalue weighted by atomic mass is 9.65. The molecule has 3 nitrogen and oxygen atoms in total. The molecule has 1 saturated carbocycles. The van der Waals surface area contributed by atoms with Crippen molar-refractivity contribution in [2.45, 2.75) is 79.1 Å². The van der Waals surface area contributed by atoms with E-state index in [1.165, 1.54) is 30.2 Å². The number of benzene rings is 1. The minimum atomic E-state index is -0.206. The van der Waals surface area contributed by atoms with Crippen molar-refractivity contribution in [3.63, 3.8) is 0 Å². The highest BCUT2D eigenvalue weighted by molar-refractivity contribution is 5.83. The molecule has 0 saturated heterocycles. The van der Waals surface area contributed by atoms with Crippen molar-refractivity contribution in [3.05, 3.63) is 34.4 Å². The van der Waals surface area contributed by atoms with E-state index in [0.29, 0.717) is 19.3 Å². The fraction of sp³-hybridized carbons (Fsp3) is 0.652. The van der Waals surface area contributed by atoms with Gasteiger partial charge < -0.3 is 4.74 Å². The van der Waals surface area contributed by atoms with Gasteiger partial charge in [0.15, 0.2) is 0 Å². The Bertz CT molecular complexity index is 628. The van der Waals surface area contributed by atoms with Crippen LogP contribution in [0, 0.1) is 32.1 Å². The Labute approximate surface area is 158 Å². The van der Waals surface area contributed by atoms with Crippen LogP contribution in [0.15, 0.2) is 12.1 Å². The Balaban J connectivity index is 2.13. The van der Waals surface area contributed by atoms with Crippen molar-refractivity contribution >= 4 is 11.8 Å². The van der Waals surface area contributed by atoms with Crippen LogP contribution >= 0.6 is 0 Å². The van der Waals surface area contributed by atoms with Gasteiger partial charge in [-0.1, -0.05) is 31.0 Å². The molecule has 0 radical (unpaired) electrons. The van der Waals surface area contributed by atoms with E-state index in [4.69, 9.17) is 4.74 Å². The number of rotatable bonds is 7. The maximum atomic E-state index is 12.9. The van der Waals surface area contributed by atoms with Gasteiger partial charge in [0.1, 0.15) is 5.78 Å². The van der Waals surface area contributed by atoms with Gasteiger partial charge in [0.2, 0.25) is 0 Å². The topological polar surface area (TPSA) is 43.4 Å². The van der Waals surface area contributed by atoms with Crippen molar-refractivity contribution in [3.8, 4) is 0 Å². The van der Waals surface area contributed by atoms with Crippen LogP contribution in [0.25, 0.3) is 0 Å². The molecule has 0 heterocycles. The highest BCUT2D eigenvalue weighted by Crippen LogP contribution is 2.45. The molecule has 0 spiro atoms. The fourth-order valence-electron chi connectivity index (χ4n) is 4.66. The third kappa shape index (κ3) is 5.18. The highest BCUT2D eigenvalue weighted by Gasteiger charge is 2.38. The smallest absolute Gasteiger partial charge is 0.306 e. The van der Waals surface area contributed by atoms with Gasteiger partial charge in [-0.05, 0) is 74.5 Å². The Hall–Kier alpha value is -1.64. The lowest BCUT2D eigenvalue weighted by Crippen LogP contribution is -2.33. The predicted octanol–water partition coefficient (Wildman–Crippen LogP) is 5.26. The normalized spacial score (nSPS) is 22.9. The summed E-state index contributed by atoms with van der Waals surface area (Å²) >= 11 is 0. The molecule has 0 N–H and O–H groups in total. The zero-order valence-electron chi connectivity index (χ0n) is 17.1. The average Bonchev–Trinajstić information content (AvgIpc) is 2.58. The number of carbonyl (C=O) groups is 2. The maximum Gasteiger partial charge on any atom is 0.306 e. The third-order valence-electron chi connectivity index (χ3n) is 6.28. The van der Waals surface area contributed by atoms with E-state index in [2.05, 4.69) is 39.8 Å². The molecular formula is C23H34O3. The Kier molecular flexibility index (Phi) is 7.02. The van der Waals surface area contributed by atoms with Crippen LogP contribution in [-0.4, -0.2) is 18.9 Å². The molecule has 0 aliphatic heterocycles. The molecule has 144 valence electrons. The van der Waals surface area contributed by atoms with Gasteiger partial charge in [0, 0.05) is 12.8 Å². The molecule has 0 bridgehead atoms. The van der Waals surface area contributed by atoms with Gasteiger partial charge in [-0.25, -0.2) is 0 Å². The largest absolute Gasteiger partial charge is 0.469 e. The van der Waals surface area contributed by atoms with Crippen LogP contribution in [0.2, 0.25) is 0 Å². The van der Waals surface area contributed by atoms with Gasteiger partial charge in [0.25, 0.3) is 0 Å². The van der Waals surface area contributed by atoms with Gasteiger partial charge in [-0.2, -0.15) is 0 Å². The summed E-state index contributed by atoms with van der Waals surface area (Å²) in [7, 11) is 1.44. The molecule has 26 heavy (non-hydrogen) atoms. The van der Waals surface area contributed by atoms with E-state index >= 15 is 0 Å². The van der Waals surface area contributed by atoms with Crippen LogP contribution < -0.4 is 0 Å². The average molecular weight is 359 g/mol. The van der Waals surface area contributed by atoms with Crippen molar-refractivity contribution in [1.82, 2.24) is 0 Å². The van der Waals surface area contributed by atoms with Crippen molar-refractivity contribution < 1.29 is 14.3 Å². The Morgan fingerprint density at radius 3 is 2.15 bits per heavy atom. The number of esters is 1. The molecule has 1 fully saturated rings. The number of hydrogen-bond acceptors (Lipinski definition) is 3. The standard InChI is InChI=1S/C23H34O3/c1-6-19-7-9-23(10-8-19,15-22(25)26-5)14-20(24)13-21-17(3)11-16(2)12-18(21)4/h11-12,19H,6-10,13-15H2,1-5H3. The van der Waals surface area contributed by atoms with E-state index in [1.807, 2.05) is 0 Å². The molecule has 0 atom stereocenters. The lowest BCUT2D eigenvalue weighted by Gasteiger charge is -2.39. The highest BCUT2D eigenvalue weighted by atomic mass is 16.5. The lowest BCUT2D eigenvalue weighted by molar-refractivity contribution is -0.144. The zero-order valence-corrected chi connectivity index (χ0v) is 17.1. The van der Waals surface area contributed by atoms with Crippen molar-refractivity contribution in [1.29, 1.82) is 0 Å². The van der Waals surface area contributed by atoms with E-state index in [9.17, 15) is 9.59 Å². The van der Waals surface area contributed by atoms with E-state index in [1.54, 1.807) is 0 Å². The minimum Gasteiger partial charge on any atom is -0.469 e. The van der Waals surface area contributed by atoms with E-state index < -0.39 is 0 Å². The molecule has 0 amide bonds. The van der Waals surface area contributed by atoms with E-state index in [0.717, 1.165) is 37.2 Å². The van der Waals surface area contributed by atoms with Gasteiger partial charge in [-0.15, -0.1) is 0 Å². The molecule has 0 aromatic heterocycles. The minimum absolute atomic E-state index is 0.185. The first-order valence-electron chi connectivity index (χ1n) is 9.94. The summed E-state index contributed by atoms with van der Waals surface area (Å²) < 4.78 is 4.93. The number of ether oxygens (including phenoxy) is 1. The molecule has 1 aliphatic carbocycles. The second kappa shape index (κ2) is 8.83. The second-order valence-electron chi connectivity index (χ2n) is 8.37. The number of methoxy groups -OCH3 is 1. The maximum absolute atomic E-state index is 12.9.